The fourth-order valence-corrected chi connectivity index (χ4v) is 4.57. The maximum absolute atomic E-state index is 12.5. The van der Waals surface area contributed by atoms with Crippen molar-refractivity contribution in [1.29, 1.82) is 0 Å². The summed E-state index contributed by atoms with van der Waals surface area (Å²) >= 11 is 1.44. The van der Waals surface area contributed by atoms with E-state index in [1.165, 1.54) is 38.7 Å². The maximum Gasteiger partial charge on any atom is 0.262 e. The van der Waals surface area contributed by atoms with Crippen LogP contribution in [0.3, 0.4) is 0 Å². The number of fused-ring (bicyclic) bond motifs is 1. The highest BCUT2D eigenvalue weighted by molar-refractivity contribution is 7.16. The van der Waals surface area contributed by atoms with Gasteiger partial charge in [0.25, 0.3) is 5.56 Å². The van der Waals surface area contributed by atoms with Gasteiger partial charge in [0.1, 0.15) is 4.83 Å². The van der Waals surface area contributed by atoms with Crippen LogP contribution >= 0.6 is 11.3 Å². The number of carbonyl (C=O) groups is 1. The SMILES string of the molecule is O=C(CCn1cnc2sccc2c1=O)Nc1ccc2c3c(cccc13)CC2. The first kappa shape index (κ1) is 16.2. The lowest BCUT2D eigenvalue weighted by Gasteiger charge is -2.11. The third-order valence-corrected chi connectivity index (χ3v) is 6.00. The molecule has 1 N–H and O–H groups in total. The largest absolute Gasteiger partial charge is 0.325 e. The quantitative estimate of drug-likeness (QED) is 0.591. The fourth-order valence-electron chi connectivity index (χ4n) is 3.84. The minimum absolute atomic E-state index is 0.0978. The zero-order valence-corrected chi connectivity index (χ0v) is 15.4. The van der Waals surface area contributed by atoms with Gasteiger partial charge in [-0.1, -0.05) is 24.3 Å². The summed E-state index contributed by atoms with van der Waals surface area (Å²) in [4.78, 5) is 29.9. The van der Waals surface area contributed by atoms with Crippen LogP contribution in [-0.4, -0.2) is 15.5 Å². The number of anilines is 1. The van der Waals surface area contributed by atoms with Crippen LogP contribution in [-0.2, 0) is 24.2 Å². The van der Waals surface area contributed by atoms with Gasteiger partial charge in [-0.25, -0.2) is 4.98 Å². The molecule has 0 fully saturated rings. The summed E-state index contributed by atoms with van der Waals surface area (Å²) in [5.74, 6) is -0.106. The minimum Gasteiger partial charge on any atom is -0.325 e. The second-order valence-electron chi connectivity index (χ2n) is 6.79. The Labute approximate surface area is 159 Å². The number of nitrogens with zero attached hydrogens (tertiary/aromatic N) is 2. The third kappa shape index (κ3) is 2.73. The van der Waals surface area contributed by atoms with Crippen LogP contribution in [0.2, 0.25) is 0 Å². The van der Waals surface area contributed by atoms with Crippen molar-refractivity contribution in [1.82, 2.24) is 9.55 Å². The molecule has 134 valence electrons. The summed E-state index contributed by atoms with van der Waals surface area (Å²) in [6, 6.07) is 12.1. The van der Waals surface area contributed by atoms with Gasteiger partial charge < -0.3 is 5.32 Å². The Kier molecular flexibility index (Phi) is 3.79. The van der Waals surface area contributed by atoms with Crippen molar-refractivity contribution in [2.24, 2.45) is 0 Å². The molecule has 6 heteroatoms. The number of aryl methyl sites for hydroxylation is 3. The molecule has 0 saturated carbocycles. The van der Waals surface area contributed by atoms with Crippen LogP contribution in [0.1, 0.15) is 17.5 Å². The predicted molar refractivity (Wildman–Crippen MR) is 108 cm³/mol. The van der Waals surface area contributed by atoms with E-state index in [0.29, 0.717) is 11.9 Å². The first-order valence-corrected chi connectivity index (χ1v) is 9.84. The van der Waals surface area contributed by atoms with E-state index < -0.39 is 0 Å². The maximum atomic E-state index is 12.5. The number of aromatic nitrogens is 2. The summed E-state index contributed by atoms with van der Waals surface area (Å²) in [6.07, 6.45) is 3.86. The number of benzene rings is 2. The lowest BCUT2D eigenvalue weighted by molar-refractivity contribution is -0.116. The minimum atomic E-state index is -0.106. The van der Waals surface area contributed by atoms with Gasteiger partial charge in [-0.3, -0.25) is 14.2 Å². The molecule has 0 atom stereocenters. The average molecular weight is 375 g/mol. The Morgan fingerprint density at radius 1 is 1.11 bits per heavy atom. The standard InChI is InChI=1S/C21H17N3O2S/c25-18(8-10-24-12-22-20-16(21(24)26)9-11-27-20)23-17-7-6-14-5-4-13-2-1-3-15(17)19(13)14/h1-3,6-7,9,11-12H,4-5,8,10H2,(H,23,25). The number of amides is 1. The molecular formula is C21H17N3O2S. The Morgan fingerprint density at radius 3 is 2.85 bits per heavy atom. The van der Waals surface area contributed by atoms with E-state index in [2.05, 4.69) is 28.5 Å². The zero-order chi connectivity index (χ0) is 18.4. The topological polar surface area (TPSA) is 64.0 Å². The van der Waals surface area contributed by atoms with E-state index in [9.17, 15) is 9.59 Å². The molecule has 0 spiro atoms. The summed E-state index contributed by atoms with van der Waals surface area (Å²) in [5.41, 5.74) is 3.43. The Morgan fingerprint density at radius 2 is 1.96 bits per heavy atom. The Balaban J connectivity index is 1.36. The van der Waals surface area contributed by atoms with Gasteiger partial charge in [0.05, 0.1) is 11.7 Å². The molecule has 4 aromatic rings. The van der Waals surface area contributed by atoms with Gasteiger partial charge in [-0.15, -0.1) is 11.3 Å². The molecule has 2 heterocycles. The summed E-state index contributed by atoms with van der Waals surface area (Å²) < 4.78 is 1.50. The van der Waals surface area contributed by atoms with Gasteiger partial charge in [0, 0.05) is 24.0 Å². The van der Waals surface area contributed by atoms with E-state index in [0.717, 1.165) is 28.7 Å². The first-order chi connectivity index (χ1) is 13.2. The molecule has 5 nitrogen and oxygen atoms in total. The van der Waals surface area contributed by atoms with Crippen molar-refractivity contribution in [2.75, 3.05) is 5.32 Å². The van der Waals surface area contributed by atoms with Gasteiger partial charge in [-0.2, -0.15) is 0 Å². The normalized spacial score (nSPS) is 12.7. The molecule has 5 rings (SSSR count). The Bertz CT molecular complexity index is 1250. The van der Waals surface area contributed by atoms with Crippen molar-refractivity contribution in [2.45, 2.75) is 25.8 Å². The second-order valence-corrected chi connectivity index (χ2v) is 7.69. The number of nitrogens with one attached hydrogen (secondary N) is 1. The van der Waals surface area contributed by atoms with E-state index in [1.807, 2.05) is 17.5 Å². The molecule has 0 saturated heterocycles. The second kappa shape index (κ2) is 6.32. The Hall–Kier alpha value is -2.99. The van der Waals surface area contributed by atoms with Crippen LogP contribution in [0, 0.1) is 0 Å². The lowest BCUT2D eigenvalue weighted by atomic mass is 10.0. The summed E-state index contributed by atoms with van der Waals surface area (Å²) in [7, 11) is 0. The highest BCUT2D eigenvalue weighted by Crippen LogP contribution is 2.35. The van der Waals surface area contributed by atoms with E-state index >= 15 is 0 Å². The van der Waals surface area contributed by atoms with E-state index in [4.69, 9.17) is 0 Å². The van der Waals surface area contributed by atoms with Crippen molar-refractivity contribution >= 4 is 43.9 Å². The van der Waals surface area contributed by atoms with Crippen molar-refractivity contribution < 1.29 is 4.79 Å². The van der Waals surface area contributed by atoms with E-state index in [-0.39, 0.29) is 17.9 Å². The average Bonchev–Trinajstić information content (AvgIpc) is 3.32. The number of thiophene rings is 1. The molecule has 2 aromatic heterocycles. The molecule has 27 heavy (non-hydrogen) atoms. The van der Waals surface area contributed by atoms with Gasteiger partial charge >= 0.3 is 0 Å². The highest BCUT2D eigenvalue weighted by Gasteiger charge is 2.16. The lowest BCUT2D eigenvalue weighted by Crippen LogP contribution is -2.23. The van der Waals surface area contributed by atoms with Crippen LogP contribution in [0.5, 0.6) is 0 Å². The first-order valence-electron chi connectivity index (χ1n) is 8.97. The number of carbonyl (C=O) groups excluding carboxylic acids is 1. The molecular weight excluding hydrogens is 358 g/mol. The van der Waals surface area contributed by atoms with E-state index in [1.54, 1.807) is 6.07 Å². The van der Waals surface area contributed by atoms with Crippen LogP contribution < -0.4 is 10.9 Å². The molecule has 0 unspecified atom stereocenters. The predicted octanol–water partition coefficient (Wildman–Crippen LogP) is 3.74. The fraction of sp³-hybridized carbons (Fsp3) is 0.190. The molecule has 1 aliphatic rings. The molecule has 1 aliphatic carbocycles. The number of hydrogen-bond acceptors (Lipinski definition) is 4. The van der Waals surface area contributed by atoms with Gasteiger partial charge in [0.2, 0.25) is 5.91 Å². The summed E-state index contributed by atoms with van der Waals surface area (Å²) in [5, 5.41) is 7.84. The number of hydrogen-bond donors (Lipinski definition) is 1. The highest BCUT2D eigenvalue weighted by atomic mass is 32.1. The van der Waals surface area contributed by atoms with Gasteiger partial charge in [0.15, 0.2) is 0 Å². The smallest absolute Gasteiger partial charge is 0.262 e. The zero-order valence-electron chi connectivity index (χ0n) is 14.6. The molecule has 0 aliphatic heterocycles. The van der Waals surface area contributed by atoms with Gasteiger partial charge in [-0.05, 0) is 46.9 Å². The third-order valence-electron chi connectivity index (χ3n) is 5.18. The van der Waals surface area contributed by atoms with Crippen LogP contribution in [0.25, 0.3) is 21.0 Å². The van der Waals surface area contributed by atoms with Crippen molar-refractivity contribution in [3.8, 4) is 0 Å². The van der Waals surface area contributed by atoms with Crippen LogP contribution in [0.15, 0.2) is 52.9 Å². The monoisotopic (exact) mass is 375 g/mol. The van der Waals surface area contributed by atoms with Crippen molar-refractivity contribution in [3.63, 3.8) is 0 Å². The molecule has 2 aromatic carbocycles. The summed E-state index contributed by atoms with van der Waals surface area (Å²) in [6.45, 7) is 0.310. The number of rotatable bonds is 4. The molecule has 0 bridgehead atoms. The molecule has 1 amide bonds. The van der Waals surface area contributed by atoms with Crippen LogP contribution in [0.4, 0.5) is 5.69 Å². The molecule has 0 radical (unpaired) electrons. The van der Waals surface area contributed by atoms with Crippen molar-refractivity contribution in [3.05, 3.63) is 69.6 Å².